The third kappa shape index (κ3) is 3.13. The standard InChI is InChI=1S/C13H11N7O3/c1-6(21)17-9-3-2-7(4-10(9)20(22)23)11-8(5-14)12(15)19-13(16)18-11/h2-4H,1H3,(H,17,21)(H4,15,16,18,19). The summed E-state index contributed by atoms with van der Waals surface area (Å²) in [6.45, 7) is 1.23. The van der Waals surface area contributed by atoms with E-state index in [0.717, 1.165) is 0 Å². The van der Waals surface area contributed by atoms with Gasteiger partial charge in [0.1, 0.15) is 23.1 Å². The molecule has 23 heavy (non-hydrogen) atoms. The number of anilines is 3. The number of carbonyl (C=O) groups excluding carboxylic acids is 1. The number of amides is 1. The van der Waals surface area contributed by atoms with Gasteiger partial charge in [-0.05, 0) is 6.07 Å². The molecule has 1 aromatic heterocycles. The summed E-state index contributed by atoms with van der Waals surface area (Å²) in [6.07, 6.45) is 0. The van der Waals surface area contributed by atoms with Gasteiger partial charge in [-0.3, -0.25) is 14.9 Å². The zero-order valence-corrected chi connectivity index (χ0v) is 11.9. The second-order valence-electron chi connectivity index (χ2n) is 4.47. The third-order valence-corrected chi connectivity index (χ3v) is 2.84. The molecule has 0 bridgehead atoms. The quantitative estimate of drug-likeness (QED) is 0.556. The molecule has 0 fully saturated rings. The van der Waals surface area contributed by atoms with Crippen LogP contribution in [0.1, 0.15) is 12.5 Å². The molecule has 5 N–H and O–H groups in total. The molecule has 0 spiro atoms. The Hall–Kier alpha value is -3.74. The Bertz CT molecular complexity index is 857. The normalized spacial score (nSPS) is 9.91. The number of carbonyl (C=O) groups is 1. The Morgan fingerprint density at radius 1 is 1.39 bits per heavy atom. The van der Waals surface area contributed by atoms with Crippen LogP contribution in [0.2, 0.25) is 0 Å². The maximum Gasteiger partial charge on any atom is 0.293 e. The van der Waals surface area contributed by atoms with E-state index >= 15 is 0 Å². The molecule has 0 aliphatic heterocycles. The highest BCUT2D eigenvalue weighted by Crippen LogP contribution is 2.32. The maximum atomic E-state index is 11.2. The van der Waals surface area contributed by atoms with Crippen molar-refractivity contribution in [1.29, 1.82) is 5.26 Å². The Kier molecular flexibility index (Phi) is 4.04. The minimum Gasteiger partial charge on any atom is -0.382 e. The highest BCUT2D eigenvalue weighted by atomic mass is 16.6. The van der Waals surface area contributed by atoms with Crippen LogP contribution >= 0.6 is 0 Å². The number of nitro benzene ring substituents is 1. The minimum absolute atomic E-state index is 0.0276. The summed E-state index contributed by atoms with van der Waals surface area (Å²) in [5.74, 6) is -0.734. The van der Waals surface area contributed by atoms with E-state index in [1.54, 1.807) is 0 Å². The van der Waals surface area contributed by atoms with Gasteiger partial charge in [-0.1, -0.05) is 6.07 Å². The van der Waals surface area contributed by atoms with Crippen LogP contribution in [0.15, 0.2) is 18.2 Å². The number of hydrogen-bond acceptors (Lipinski definition) is 8. The van der Waals surface area contributed by atoms with Gasteiger partial charge in [-0.25, -0.2) is 4.98 Å². The zero-order valence-electron chi connectivity index (χ0n) is 11.9. The van der Waals surface area contributed by atoms with Crippen molar-refractivity contribution in [1.82, 2.24) is 9.97 Å². The Balaban J connectivity index is 2.67. The molecule has 0 radical (unpaired) electrons. The number of rotatable bonds is 3. The third-order valence-electron chi connectivity index (χ3n) is 2.84. The van der Waals surface area contributed by atoms with E-state index in [1.807, 2.05) is 6.07 Å². The monoisotopic (exact) mass is 313 g/mol. The summed E-state index contributed by atoms with van der Waals surface area (Å²) in [4.78, 5) is 29.2. The van der Waals surface area contributed by atoms with Crippen molar-refractivity contribution >= 4 is 29.0 Å². The van der Waals surface area contributed by atoms with Crippen LogP contribution in [0.3, 0.4) is 0 Å². The highest BCUT2D eigenvalue weighted by Gasteiger charge is 2.20. The summed E-state index contributed by atoms with van der Waals surface area (Å²) in [7, 11) is 0. The Morgan fingerprint density at radius 2 is 2.09 bits per heavy atom. The first-order chi connectivity index (χ1) is 10.8. The number of benzene rings is 1. The fraction of sp³-hybridized carbons (Fsp3) is 0.0769. The van der Waals surface area contributed by atoms with Crippen molar-refractivity contribution in [2.75, 3.05) is 16.8 Å². The van der Waals surface area contributed by atoms with Gasteiger partial charge < -0.3 is 16.8 Å². The maximum absolute atomic E-state index is 11.2. The molecule has 0 aliphatic carbocycles. The molecule has 0 atom stereocenters. The number of aromatic nitrogens is 2. The van der Waals surface area contributed by atoms with E-state index in [4.69, 9.17) is 16.7 Å². The van der Waals surface area contributed by atoms with Crippen LogP contribution in [-0.4, -0.2) is 20.8 Å². The van der Waals surface area contributed by atoms with E-state index in [1.165, 1.54) is 25.1 Å². The number of nitrogens with one attached hydrogen (secondary N) is 1. The molecule has 0 saturated heterocycles. The Morgan fingerprint density at radius 3 is 2.65 bits per heavy atom. The first kappa shape index (κ1) is 15.6. The van der Waals surface area contributed by atoms with Crippen molar-refractivity contribution < 1.29 is 9.72 Å². The van der Waals surface area contributed by atoms with Crippen molar-refractivity contribution in [3.05, 3.63) is 33.9 Å². The molecule has 1 aromatic carbocycles. The summed E-state index contributed by atoms with van der Waals surface area (Å²) >= 11 is 0. The number of nitrogen functional groups attached to an aromatic ring is 2. The van der Waals surface area contributed by atoms with Gasteiger partial charge >= 0.3 is 0 Å². The molecule has 0 aliphatic rings. The molecule has 1 heterocycles. The van der Waals surface area contributed by atoms with Crippen LogP contribution in [0.5, 0.6) is 0 Å². The predicted molar refractivity (Wildman–Crippen MR) is 82.0 cm³/mol. The molecular weight excluding hydrogens is 302 g/mol. The van der Waals surface area contributed by atoms with Crippen LogP contribution in [0.4, 0.5) is 23.1 Å². The SMILES string of the molecule is CC(=O)Nc1ccc(-c2nc(N)nc(N)c2C#N)cc1[N+](=O)[O-]. The van der Waals surface area contributed by atoms with Gasteiger partial charge in [-0.2, -0.15) is 10.2 Å². The van der Waals surface area contributed by atoms with E-state index < -0.39 is 10.8 Å². The van der Waals surface area contributed by atoms with E-state index in [9.17, 15) is 14.9 Å². The summed E-state index contributed by atoms with van der Waals surface area (Å²) in [5.41, 5.74) is 11.1. The second kappa shape index (κ2) is 5.94. The lowest BCUT2D eigenvalue weighted by Gasteiger charge is -2.08. The first-order valence-corrected chi connectivity index (χ1v) is 6.23. The Labute approximate surface area is 129 Å². The number of nitro groups is 1. The molecule has 116 valence electrons. The van der Waals surface area contributed by atoms with Gasteiger partial charge in [0.15, 0.2) is 0 Å². The lowest BCUT2D eigenvalue weighted by atomic mass is 10.1. The fourth-order valence-electron chi connectivity index (χ4n) is 1.94. The van der Waals surface area contributed by atoms with Crippen molar-refractivity contribution in [3.8, 4) is 17.3 Å². The minimum atomic E-state index is -0.658. The summed E-state index contributed by atoms with van der Waals surface area (Å²) in [6, 6.07) is 5.81. The largest absolute Gasteiger partial charge is 0.382 e. The van der Waals surface area contributed by atoms with Crippen LogP contribution in [0.25, 0.3) is 11.3 Å². The number of nitriles is 1. The lowest BCUT2D eigenvalue weighted by molar-refractivity contribution is -0.383. The molecule has 10 heteroatoms. The molecule has 2 aromatic rings. The topological polar surface area (TPSA) is 174 Å². The van der Waals surface area contributed by atoms with E-state index in [2.05, 4.69) is 15.3 Å². The number of nitrogens with zero attached hydrogens (tertiary/aromatic N) is 4. The van der Waals surface area contributed by atoms with Crippen molar-refractivity contribution in [2.45, 2.75) is 6.92 Å². The smallest absolute Gasteiger partial charge is 0.293 e. The average Bonchev–Trinajstić information content (AvgIpc) is 2.46. The molecule has 0 saturated carbocycles. The van der Waals surface area contributed by atoms with Gasteiger partial charge in [0.2, 0.25) is 11.9 Å². The lowest BCUT2D eigenvalue weighted by Crippen LogP contribution is -2.08. The van der Waals surface area contributed by atoms with Gasteiger partial charge in [-0.15, -0.1) is 0 Å². The van der Waals surface area contributed by atoms with E-state index in [-0.39, 0.29) is 40.0 Å². The van der Waals surface area contributed by atoms with Gasteiger partial charge in [0.05, 0.1) is 10.6 Å². The second-order valence-corrected chi connectivity index (χ2v) is 4.47. The summed E-state index contributed by atoms with van der Waals surface area (Å²) < 4.78 is 0. The van der Waals surface area contributed by atoms with Gasteiger partial charge in [0, 0.05) is 18.6 Å². The van der Waals surface area contributed by atoms with Crippen LogP contribution in [-0.2, 0) is 4.79 Å². The molecule has 0 unspecified atom stereocenters. The zero-order chi connectivity index (χ0) is 17.1. The van der Waals surface area contributed by atoms with E-state index in [0.29, 0.717) is 0 Å². The van der Waals surface area contributed by atoms with Crippen LogP contribution in [0, 0.1) is 21.4 Å². The molecular formula is C13H11N7O3. The number of hydrogen-bond donors (Lipinski definition) is 3. The van der Waals surface area contributed by atoms with Crippen LogP contribution < -0.4 is 16.8 Å². The fourth-order valence-corrected chi connectivity index (χ4v) is 1.94. The summed E-state index contributed by atoms with van der Waals surface area (Å²) in [5, 5.41) is 22.7. The molecule has 1 amide bonds. The predicted octanol–water partition coefficient (Wildman–Crippen LogP) is 1.05. The molecule has 10 nitrogen and oxygen atoms in total. The van der Waals surface area contributed by atoms with Gasteiger partial charge in [0.25, 0.3) is 5.69 Å². The highest BCUT2D eigenvalue weighted by molar-refractivity contribution is 5.92. The molecule has 2 rings (SSSR count). The average molecular weight is 313 g/mol. The van der Waals surface area contributed by atoms with Crippen molar-refractivity contribution in [3.63, 3.8) is 0 Å². The first-order valence-electron chi connectivity index (χ1n) is 6.23. The van der Waals surface area contributed by atoms with Crippen molar-refractivity contribution in [2.24, 2.45) is 0 Å². The number of nitrogens with two attached hydrogens (primary N) is 2.